The molecule has 4 aliphatic heterocycles. The Labute approximate surface area is 284 Å². The molecule has 4 aliphatic rings. The van der Waals surface area contributed by atoms with Crippen LogP contribution in [0.5, 0.6) is 0 Å². The zero-order valence-electron chi connectivity index (χ0n) is 29.5. The molecule has 0 radical (unpaired) electrons. The van der Waals surface area contributed by atoms with Crippen LogP contribution in [-0.2, 0) is 28.7 Å². The normalized spacial score (nSPS) is 31.2. The molecule has 0 unspecified atom stereocenters. The van der Waals surface area contributed by atoms with Gasteiger partial charge in [0, 0.05) is 18.5 Å². The highest BCUT2D eigenvalue weighted by Crippen LogP contribution is 2.54. The molecule has 2 saturated heterocycles. The summed E-state index contributed by atoms with van der Waals surface area (Å²) in [6, 6.07) is 6.89. The van der Waals surface area contributed by atoms with E-state index in [2.05, 4.69) is 26.1 Å². The van der Waals surface area contributed by atoms with Crippen LogP contribution in [0.4, 0.5) is 0 Å². The largest absolute Gasteiger partial charge is 0.463 e. The molecule has 2 fully saturated rings. The number of hydrogen-bond donors (Lipinski definition) is 2. The maximum Gasteiger partial charge on any atom is 0.306 e. The number of nitrogens with one attached hydrogen (secondary N) is 1. The first kappa shape index (κ1) is 35.8. The van der Waals surface area contributed by atoms with Gasteiger partial charge in [0.2, 0.25) is 17.7 Å². The first-order valence-corrected chi connectivity index (χ1v) is 17.4. The number of nitrogens with zero attached hydrogens (tertiary/aromatic N) is 2. The van der Waals surface area contributed by atoms with Crippen LogP contribution < -0.4 is 5.32 Å². The van der Waals surface area contributed by atoms with E-state index < -0.39 is 53.1 Å². The average molecular weight is 664 g/mol. The molecule has 4 heterocycles. The van der Waals surface area contributed by atoms with Crippen molar-refractivity contribution in [3.63, 3.8) is 0 Å². The van der Waals surface area contributed by atoms with Gasteiger partial charge in [-0.3, -0.25) is 19.2 Å². The number of cyclic esters (lactones) is 1. The summed E-state index contributed by atoms with van der Waals surface area (Å²) in [7, 11) is 0. The van der Waals surface area contributed by atoms with E-state index in [0.29, 0.717) is 25.8 Å². The Bertz CT molecular complexity index is 1430. The van der Waals surface area contributed by atoms with E-state index in [9.17, 15) is 19.5 Å². The zero-order chi connectivity index (χ0) is 35.0. The number of carbonyl (C=O) groups excluding carboxylic acids is 4. The smallest absolute Gasteiger partial charge is 0.306 e. The molecule has 0 saturated carbocycles. The predicted molar refractivity (Wildman–Crippen MR) is 181 cm³/mol. The second-order valence-electron chi connectivity index (χ2n) is 16.1. The zero-order valence-corrected chi connectivity index (χ0v) is 29.5. The lowest BCUT2D eigenvalue weighted by Gasteiger charge is -2.45. The summed E-state index contributed by atoms with van der Waals surface area (Å²) in [6.07, 6.45) is 8.15. The number of carbonyl (C=O) groups is 4. The standard InChI is InChI=1S/C38H53N3O7/c1-24(2)20-26(21-42)41-32-35(46)40(37(6,7)23-36(3,4)5)19-13-18-38(32)31(34(41)45)30-28(48-38)16-11-12-17-29(43)47-22-27(39-33(30)44)25-14-9-8-10-15-25/h8-11,13-16,18,24,26-28,30-32,42H,12,17,19-23H2,1-7H3,(H,39,44)/b16-11-/t26-,27-,28+,30-,31-,32+,38-/m1/s1. The molecule has 1 aromatic carbocycles. The summed E-state index contributed by atoms with van der Waals surface area (Å²) in [4.78, 5) is 60.3. The van der Waals surface area contributed by atoms with E-state index >= 15 is 4.79 Å². The summed E-state index contributed by atoms with van der Waals surface area (Å²) in [5, 5.41) is 13.8. The Hall–Kier alpha value is -3.50. The van der Waals surface area contributed by atoms with Crippen molar-refractivity contribution in [2.75, 3.05) is 19.8 Å². The average Bonchev–Trinajstić information content (AvgIpc) is 3.39. The topological polar surface area (TPSA) is 125 Å². The highest BCUT2D eigenvalue weighted by Gasteiger charge is 2.72. The fraction of sp³-hybridized carbons (Fsp3) is 0.632. The molecule has 0 bridgehead atoms. The molecule has 262 valence electrons. The SMILES string of the molecule is CC(C)C[C@H](CO)N1C(=O)[C@H]2[C@@H]3C(=O)N[C@@H](c4ccccc4)COC(=O)CC/C=C\[C@@H]3O[C@]23C=CCN(C(C)(C)CC(C)(C)C)C(=O)[C@H]13. The fourth-order valence-corrected chi connectivity index (χ4v) is 8.53. The third-order valence-corrected chi connectivity index (χ3v) is 10.0. The van der Waals surface area contributed by atoms with Crippen molar-refractivity contribution in [2.45, 2.75) is 110 Å². The molecule has 3 amide bonds. The van der Waals surface area contributed by atoms with Gasteiger partial charge in [-0.2, -0.15) is 0 Å². The van der Waals surface area contributed by atoms with E-state index in [1.165, 1.54) is 0 Å². The highest BCUT2D eigenvalue weighted by atomic mass is 16.5. The number of benzene rings is 1. The van der Waals surface area contributed by atoms with Crippen molar-refractivity contribution >= 4 is 23.7 Å². The molecule has 7 atom stereocenters. The molecule has 0 aliphatic carbocycles. The third kappa shape index (κ3) is 6.97. The Kier molecular flexibility index (Phi) is 10.3. The first-order valence-electron chi connectivity index (χ1n) is 17.4. The van der Waals surface area contributed by atoms with Gasteiger partial charge in [-0.1, -0.05) is 89.3 Å². The number of amides is 3. The lowest BCUT2D eigenvalue weighted by atomic mass is 9.77. The van der Waals surface area contributed by atoms with Crippen molar-refractivity contribution in [3.05, 3.63) is 60.2 Å². The molecule has 0 aromatic heterocycles. The van der Waals surface area contributed by atoms with Crippen molar-refractivity contribution in [3.8, 4) is 0 Å². The third-order valence-electron chi connectivity index (χ3n) is 10.0. The van der Waals surface area contributed by atoms with Gasteiger partial charge >= 0.3 is 5.97 Å². The highest BCUT2D eigenvalue weighted by molar-refractivity contribution is 6.00. The van der Waals surface area contributed by atoms with Crippen LogP contribution >= 0.6 is 0 Å². The van der Waals surface area contributed by atoms with Gasteiger partial charge in [0.05, 0.1) is 36.6 Å². The Morgan fingerprint density at radius 2 is 1.73 bits per heavy atom. The first-order chi connectivity index (χ1) is 22.6. The van der Waals surface area contributed by atoms with Crippen molar-refractivity contribution < 1.29 is 33.8 Å². The quantitative estimate of drug-likeness (QED) is 0.329. The summed E-state index contributed by atoms with van der Waals surface area (Å²) in [5.41, 5.74) is -1.34. The van der Waals surface area contributed by atoms with Gasteiger partial charge in [0.25, 0.3) is 0 Å². The van der Waals surface area contributed by atoms with Gasteiger partial charge < -0.3 is 29.7 Å². The minimum Gasteiger partial charge on any atom is -0.463 e. The molecular weight excluding hydrogens is 610 g/mol. The van der Waals surface area contributed by atoms with E-state index in [1.54, 1.807) is 17.1 Å². The van der Waals surface area contributed by atoms with Gasteiger partial charge in [-0.25, -0.2) is 0 Å². The molecule has 10 heteroatoms. The number of ether oxygens (including phenoxy) is 2. The van der Waals surface area contributed by atoms with E-state index in [4.69, 9.17) is 9.47 Å². The second-order valence-corrected chi connectivity index (χ2v) is 16.1. The molecule has 1 aromatic rings. The number of aliphatic hydroxyl groups is 1. The number of allylic oxidation sites excluding steroid dienone is 1. The molecule has 1 spiro atoms. The van der Waals surface area contributed by atoms with Crippen LogP contribution in [0.3, 0.4) is 0 Å². The van der Waals surface area contributed by atoms with Crippen LogP contribution in [0.2, 0.25) is 0 Å². The minimum absolute atomic E-state index is 0.0633. The fourth-order valence-electron chi connectivity index (χ4n) is 8.53. The number of aliphatic hydroxyl groups excluding tert-OH is 1. The molecular formula is C38H53N3O7. The monoisotopic (exact) mass is 663 g/mol. The van der Waals surface area contributed by atoms with Crippen molar-refractivity contribution in [2.24, 2.45) is 23.2 Å². The van der Waals surface area contributed by atoms with Gasteiger partial charge in [0.15, 0.2) is 0 Å². The van der Waals surface area contributed by atoms with Crippen molar-refractivity contribution in [1.82, 2.24) is 15.1 Å². The van der Waals surface area contributed by atoms with Crippen LogP contribution in [0.25, 0.3) is 0 Å². The number of rotatable bonds is 7. The van der Waals surface area contributed by atoms with E-state index in [-0.39, 0.29) is 48.8 Å². The molecule has 48 heavy (non-hydrogen) atoms. The molecule has 2 N–H and O–H groups in total. The summed E-state index contributed by atoms with van der Waals surface area (Å²) in [6.45, 7) is 14.5. The maximum absolute atomic E-state index is 15.0. The Morgan fingerprint density at radius 3 is 2.38 bits per heavy atom. The Balaban J connectivity index is 1.63. The summed E-state index contributed by atoms with van der Waals surface area (Å²) < 4.78 is 12.5. The number of hydrogen-bond acceptors (Lipinski definition) is 7. The molecule has 5 rings (SSSR count). The lowest BCUT2D eigenvalue weighted by molar-refractivity contribution is -0.155. The van der Waals surface area contributed by atoms with E-state index in [1.807, 2.05) is 75.1 Å². The number of likely N-dealkylation sites (tertiary alicyclic amines) is 1. The summed E-state index contributed by atoms with van der Waals surface area (Å²) in [5.74, 6) is -3.30. The van der Waals surface area contributed by atoms with Crippen LogP contribution in [0, 0.1) is 23.2 Å². The van der Waals surface area contributed by atoms with Gasteiger partial charge in [0.1, 0.15) is 18.2 Å². The van der Waals surface area contributed by atoms with Gasteiger partial charge in [-0.05, 0) is 50.0 Å². The van der Waals surface area contributed by atoms with Crippen LogP contribution in [0.15, 0.2) is 54.6 Å². The van der Waals surface area contributed by atoms with Crippen molar-refractivity contribution in [1.29, 1.82) is 0 Å². The van der Waals surface area contributed by atoms with Crippen LogP contribution in [0.1, 0.15) is 85.8 Å². The molecule has 10 nitrogen and oxygen atoms in total. The Morgan fingerprint density at radius 1 is 1.02 bits per heavy atom. The maximum atomic E-state index is 15.0. The predicted octanol–water partition coefficient (Wildman–Crippen LogP) is 4.34. The van der Waals surface area contributed by atoms with E-state index in [0.717, 1.165) is 5.56 Å². The minimum atomic E-state index is -1.45. The lowest BCUT2D eigenvalue weighted by Crippen LogP contribution is -2.61. The second kappa shape index (κ2) is 13.8. The van der Waals surface area contributed by atoms with Crippen LogP contribution in [-0.4, -0.2) is 87.7 Å². The van der Waals surface area contributed by atoms with Gasteiger partial charge in [-0.15, -0.1) is 0 Å². The number of esters is 1. The summed E-state index contributed by atoms with van der Waals surface area (Å²) >= 11 is 0. The number of fused-ring (bicyclic) bond motifs is 2.